The SMILES string of the molecule is CCC1CN1CC(C)CN. The van der Waals surface area contributed by atoms with E-state index in [9.17, 15) is 0 Å². The third kappa shape index (κ3) is 1.96. The Morgan fingerprint density at radius 1 is 1.70 bits per heavy atom. The molecule has 0 aromatic rings. The molecule has 0 saturated carbocycles. The first-order valence-electron chi connectivity index (χ1n) is 4.22. The molecule has 1 heterocycles. The van der Waals surface area contributed by atoms with Gasteiger partial charge in [-0.05, 0) is 18.9 Å². The van der Waals surface area contributed by atoms with Crippen LogP contribution in [0, 0.1) is 5.92 Å². The van der Waals surface area contributed by atoms with E-state index in [4.69, 9.17) is 5.73 Å². The molecule has 3 unspecified atom stereocenters. The average Bonchev–Trinajstić information content (AvgIpc) is 2.67. The molecule has 2 N–H and O–H groups in total. The number of rotatable bonds is 4. The second kappa shape index (κ2) is 3.35. The minimum Gasteiger partial charge on any atom is -0.330 e. The monoisotopic (exact) mass is 142 g/mol. The Labute approximate surface area is 63.4 Å². The number of hydrogen-bond acceptors (Lipinski definition) is 2. The number of nitrogens with zero attached hydrogens (tertiary/aromatic N) is 1. The van der Waals surface area contributed by atoms with Crippen LogP contribution in [0.3, 0.4) is 0 Å². The van der Waals surface area contributed by atoms with Gasteiger partial charge in [0.2, 0.25) is 0 Å². The molecule has 0 aromatic heterocycles. The molecule has 1 aliphatic rings. The van der Waals surface area contributed by atoms with Crippen molar-refractivity contribution >= 4 is 0 Å². The van der Waals surface area contributed by atoms with E-state index < -0.39 is 0 Å². The fraction of sp³-hybridized carbons (Fsp3) is 1.00. The first kappa shape index (κ1) is 8.02. The summed E-state index contributed by atoms with van der Waals surface area (Å²) in [6.45, 7) is 7.80. The fourth-order valence-corrected chi connectivity index (χ4v) is 1.31. The summed E-state index contributed by atoms with van der Waals surface area (Å²) in [6.07, 6.45) is 1.30. The zero-order valence-corrected chi connectivity index (χ0v) is 7.01. The molecule has 1 saturated heterocycles. The van der Waals surface area contributed by atoms with Crippen LogP contribution in [-0.4, -0.2) is 30.6 Å². The predicted octanol–water partition coefficient (Wildman–Crippen LogP) is 0.675. The van der Waals surface area contributed by atoms with Gasteiger partial charge in [0.05, 0.1) is 0 Å². The molecule has 1 fully saturated rings. The second-order valence-corrected chi connectivity index (χ2v) is 3.36. The van der Waals surface area contributed by atoms with Crippen LogP contribution in [0.5, 0.6) is 0 Å². The maximum atomic E-state index is 5.51. The molecule has 60 valence electrons. The molecule has 0 amide bonds. The maximum Gasteiger partial charge on any atom is 0.0221 e. The molecular weight excluding hydrogens is 124 g/mol. The van der Waals surface area contributed by atoms with Crippen molar-refractivity contribution in [1.82, 2.24) is 4.90 Å². The quantitative estimate of drug-likeness (QED) is 0.585. The lowest BCUT2D eigenvalue weighted by atomic mass is 10.2. The Morgan fingerprint density at radius 3 is 2.80 bits per heavy atom. The van der Waals surface area contributed by atoms with E-state index in [1.807, 2.05) is 0 Å². The molecule has 1 rings (SSSR count). The summed E-state index contributed by atoms with van der Waals surface area (Å²) < 4.78 is 0. The van der Waals surface area contributed by atoms with Crippen LogP contribution in [0.25, 0.3) is 0 Å². The highest BCUT2D eigenvalue weighted by atomic mass is 15.3. The lowest BCUT2D eigenvalue weighted by Crippen LogP contribution is -2.20. The van der Waals surface area contributed by atoms with Crippen LogP contribution < -0.4 is 5.73 Å². The van der Waals surface area contributed by atoms with Gasteiger partial charge in [0.25, 0.3) is 0 Å². The Kier molecular flexibility index (Phi) is 2.69. The lowest BCUT2D eigenvalue weighted by Gasteiger charge is -2.08. The van der Waals surface area contributed by atoms with Gasteiger partial charge in [-0.3, -0.25) is 4.90 Å². The molecular formula is C8H18N2. The van der Waals surface area contributed by atoms with E-state index in [0.29, 0.717) is 5.92 Å². The Morgan fingerprint density at radius 2 is 2.40 bits per heavy atom. The van der Waals surface area contributed by atoms with E-state index in [1.165, 1.54) is 19.5 Å². The molecule has 0 aromatic carbocycles. The van der Waals surface area contributed by atoms with Crippen LogP contribution in [0.1, 0.15) is 20.3 Å². The molecule has 1 aliphatic heterocycles. The van der Waals surface area contributed by atoms with Crippen LogP contribution in [-0.2, 0) is 0 Å². The van der Waals surface area contributed by atoms with Crippen LogP contribution in [0.2, 0.25) is 0 Å². The molecule has 2 nitrogen and oxygen atoms in total. The summed E-state index contributed by atoms with van der Waals surface area (Å²) in [5.41, 5.74) is 5.51. The predicted molar refractivity (Wildman–Crippen MR) is 43.9 cm³/mol. The number of hydrogen-bond donors (Lipinski definition) is 1. The van der Waals surface area contributed by atoms with Crippen molar-refractivity contribution in [1.29, 1.82) is 0 Å². The summed E-state index contributed by atoms with van der Waals surface area (Å²) in [6, 6.07) is 0.883. The third-order valence-corrected chi connectivity index (χ3v) is 2.25. The van der Waals surface area contributed by atoms with Crippen molar-refractivity contribution in [3.63, 3.8) is 0 Å². The van der Waals surface area contributed by atoms with Gasteiger partial charge in [0.1, 0.15) is 0 Å². The minimum atomic E-state index is 0.677. The normalized spacial score (nSPS) is 33.9. The van der Waals surface area contributed by atoms with Crippen molar-refractivity contribution in [2.45, 2.75) is 26.3 Å². The minimum absolute atomic E-state index is 0.677. The van der Waals surface area contributed by atoms with Gasteiger partial charge >= 0.3 is 0 Å². The van der Waals surface area contributed by atoms with Crippen LogP contribution in [0.4, 0.5) is 0 Å². The van der Waals surface area contributed by atoms with Crippen LogP contribution >= 0.6 is 0 Å². The lowest BCUT2D eigenvalue weighted by molar-refractivity contribution is 0.409. The van der Waals surface area contributed by atoms with Crippen molar-refractivity contribution in [2.24, 2.45) is 11.7 Å². The van der Waals surface area contributed by atoms with Crippen LogP contribution in [0.15, 0.2) is 0 Å². The Hall–Kier alpha value is -0.0800. The summed E-state index contributed by atoms with van der Waals surface area (Å²) >= 11 is 0. The standard InChI is InChI=1S/C8H18N2/c1-3-8-6-10(8)5-7(2)4-9/h7-8H,3-6,9H2,1-2H3. The van der Waals surface area contributed by atoms with Gasteiger partial charge in [-0.2, -0.15) is 0 Å². The van der Waals surface area contributed by atoms with Gasteiger partial charge in [-0.15, -0.1) is 0 Å². The molecule has 0 aliphatic carbocycles. The fourth-order valence-electron chi connectivity index (χ4n) is 1.31. The third-order valence-electron chi connectivity index (χ3n) is 2.25. The first-order valence-corrected chi connectivity index (χ1v) is 4.22. The van der Waals surface area contributed by atoms with Crippen molar-refractivity contribution in [3.8, 4) is 0 Å². The molecule has 0 radical (unpaired) electrons. The molecule has 0 spiro atoms. The Balaban J connectivity index is 2.05. The second-order valence-electron chi connectivity index (χ2n) is 3.36. The largest absolute Gasteiger partial charge is 0.330 e. The summed E-state index contributed by atoms with van der Waals surface area (Å²) in [5.74, 6) is 0.677. The average molecular weight is 142 g/mol. The van der Waals surface area contributed by atoms with Gasteiger partial charge in [0, 0.05) is 19.1 Å². The van der Waals surface area contributed by atoms with Crippen molar-refractivity contribution in [3.05, 3.63) is 0 Å². The molecule has 0 bridgehead atoms. The number of nitrogens with two attached hydrogens (primary N) is 1. The summed E-state index contributed by atoms with van der Waals surface area (Å²) in [7, 11) is 0. The van der Waals surface area contributed by atoms with Crippen molar-refractivity contribution < 1.29 is 0 Å². The highest BCUT2D eigenvalue weighted by Gasteiger charge is 2.31. The van der Waals surface area contributed by atoms with Gasteiger partial charge in [-0.1, -0.05) is 13.8 Å². The van der Waals surface area contributed by atoms with Gasteiger partial charge in [-0.25, -0.2) is 0 Å². The molecule has 3 atom stereocenters. The van der Waals surface area contributed by atoms with E-state index in [-0.39, 0.29) is 0 Å². The summed E-state index contributed by atoms with van der Waals surface area (Å²) in [4.78, 5) is 2.50. The Bertz CT molecular complexity index is 103. The van der Waals surface area contributed by atoms with E-state index in [0.717, 1.165) is 12.6 Å². The zero-order chi connectivity index (χ0) is 7.56. The highest BCUT2D eigenvalue weighted by Crippen LogP contribution is 2.21. The topological polar surface area (TPSA) is 29.0 Å². The van der Waals surface area contributed by atoms with E-state index in [1.54, 1.807) is 0 Å². The smallest absolute Gasteiger partial charge is 0.0221 e. The first-order chi connectivity index (χ1) is 4.77. The molecule has 2 heteroatoms. The van der Waals surface area contributed by atoms with E-state index in [2.05, 4.69) is 18.7 Å². The summed E-state index contributed by atoms with van der Waals surface area (Å²) in [5, 5.41) is 0. The van der Waals surface area contributed by atoms with E-state index >= 15 is 0 Å². The van der Waals surface area contributed by atoms with Crippen molar-refractivity contribution in [2.75, 3.05) is 19.6 Å². The zero-order valence-electron chi connectivity index (χ0n) is 7.01. The highest BCUT2D eigenvalue weighted by molar-refractivity contribution is 4.88. The van der Waals surface area contributed by atoms with Gasteiger partial charge < -0.3 is 5.73 Å². The molecule has 10 heavy (non-hydrogen) atoms. The maximum absolute atomic E-state index is 5.51. The van der Waals surface area contributed by atoms with Gasteiger partial charge in [0.15, 0.2) is 0 Å².